The minimum absolute atomic E-state index is 0.0257. The number of carbonyl (C=O) groups excluding carboxylic acids is 2. The molecule has 1 N–H and O–H groups in total. The van der Waals surface area contributed by atoms with Gasteiger partial charge >= 0.3 is 6.09 Å². The van der Waals surface area contributed by atoms with Crippen LogP contribution in [0.3, 0.4) is 0 Å². The molecule has 0 unspecified atom stereocenters. The second-order valence-corrected chi connectivity index (χ2v) is 12.3. The highest BCUT2D eigenvalue weighted by Crippen LogP contribution is 2.33. The molecule has 0 saturated carbocycles. The van der Waals surface area contributed by atoms with Crippen LogP contribution in [-0.2, 0) is 23.4 Å². The number of nitrogens with zero attached hydrogens (tertiary/aromatic N) is 6. The van der Waals surface area contributed by atoms with Gasteiger partial charge in [0.1, 0.15) is 6.61 Å². The van der Waals surface area contributed by atoms with Crippen molar-refractivity contribution in [3.63, 3.8) is 0 Å². The Bertz CT molecular complexity index is 1600. The van der Waals surface area contributed by atoms with Gasteiger partial charge in [0.2, 0.25) is 0 Å². The fourth-order valence-electron chi connectivity index (χ4n) is 5.37. The summed E-state index contributed by atoms with van der Waals surface area (Å²) in [5.74, 6) is -0.256. The summed E-state index contributed by atoms with van der Waals surface area (Å²) in [4.78, 5) is 34.1. The third-order valence-electron chi connectivity index (χ3n) is 8.08. The average molecular weight is 596 g/mol. The molecule has 1 fully saturated rings. The Morgan fingerprint density at radius 3 is 2.64 bits per heavy atom. The molecule has 1 atom stereocenters. The van der Waals surface area contributed by atoms with Crippen LogP contribution in [0.4, 0.5) is 10.5 Å². The van der Waals surface area contributed by atoms with Crippen LogP contribution in [0.15, 0.2) is 73.2 Å². The number of nitrogens with one attached hydrogen (secondary N) is 1. The number of carbonyl (C=O) groups is 2. The van der Waals surface area contributed by atoms with E-state index in [-0.39, 0.29) is 30.2 Å². The summed E-state index contributed by atoms with van der Waals surface area (Å²) in [7, 11) is 1.82. The monoisotopic (exact) mass is 595 g/mol. The van der Waals surface area contributed by atoms with Gasteiger partial charge < -0.3 is 19.9 Å². The largest absolute Gasteiger partial charge is 0.445 e. The van der Waals surface area contributed by atoms with Crippen molar-refractivity contribution in [2.24, 2.45) is 0 Å². The molecule has 2 aromatic carbocycles. The lowest BCUT2D eigenvalue weighted by Gasteiger charge is -2.39. The summed E-state index contributed by atoms with van der Waals surface area (Å²) in [5, 5.41) is 11.1. The average Bonchev–Trinajstić information content (AvgIpc) is 3.55. The molecule has 44 heavy (non-hydrogen) atoms. The maximum absolute atomic E-state index is 12.9. The molecule has 4 aromatic rings. The van der Waals surface area contributed by atoms with Gasteiger partial charge in [-0.25, -0.2) is 9.48 Å². The lowest BCUT2D eigenvalue weighted by molar-refractivity contribution is 0.0878. The Morgan fingerprint density at radius 1 is 1.11 bits per heavy atom. The number of piperidine rings is 1. The number of anilines is 1. The van der Waals surface area contributed by atoms with Crippen molar-refractivity contribution >= 4 is 17.7 Å². The van der Waals surface area contributed by atoms with E-state index in [0.29, 0.717) is 18.8 Å². The number of aryl methyl sites for hydroxylation is 1. The van der Waals surface area contributed by atoms with Crippen LogP contribution in [-0.4, -0.2) is 63.1 Å². The molecule has 0 spiro atoms. The predicted molar refractivity (Wildman–Crippen MR) is 170 cm³/mol. The van der Waals surface area contributed by atoms with Crippen molar-refractivity contribution in [3.8, 4) is 11.1 Å². The summed E-state index contributed by atoms with van der Waals surface area (Å²) < 4.78 is 7.29. The molecule has 1 saturated heterocycles. The molecule has 10 nitrogen and oxygen atoms in total. The smallest absolute Gasteiger partial charge is 0.410 e. The Labute approximate surface area is 259 Å². The van der Waals surface area contributed by atoms with E-state index >= 15 is 0 Å². The summed E-state index contributed by atoms with van der Waals surface area (Å²) >= 11 is 0. The number of hydrogen-bond acceptors (Lipinski definition) is 7. The first-order chi connectivity index (χ1) is 21.1. The van der Waals surface area contributed by atoms with E-state index < -0.39 is 0 Å². The lowest BCUT2D eigenvalue weighted by Crippen LogP contribution is -2.49. The zero-order chi connectivity index (χ0) is 31.3. The topological polar surface area (TPSA) is 105 Å². The first kappa shape index (κ1) is 30.7. The maximum Gasteiger partial charge on any atom is 0.410 e. The van der Waals surface area contributed by atoms with E-state index in [2.05, 4.69) is 50.6 Å². The van der Waals surface area contributed by atoms with Gasteiger partial charge in [-0.1, -0.05) is 53.7 Å². The van der Waals surface area contributed by atoms with Crippen LogP contribution in [0.25, 0.3) is 11.1 Å². The predicted octanol–water partition coefficient (Wildman–Crippen LogP) is 5.57. The van der Waals surface area contributed by atoms with Crippen molar-refractivity contribution in [1.29, 1.82) is 0 Å². The van der Waals surface area contributed by atoms with Crippen LogP contribution in [0.1, 0.15) is 60.8 Å². The van der Waals surface area contributed by atoms with Gasteiger partial charge in [0.05, 0.1) is 29.7 Å². The number of pyridine rings is 1. The summed E-state index contributed by atoms with van der Waals surface area (Å²) in [6, 6.07) is 18.1. The highest BCUT2D eigenvalue weighted by atomic mass is 16.6. The number of ether oxygens (including phenoxy) is 1. The highest BCUT2D eigenvalue weighted by Gasteiger charge is 2.28. The van der Waals surface area contributed by atoms with E-state index in [1.165, 1.54) is 0 Å². The molecule has 0 aliphatic carbocycles. The van der Waals surface area contributed by atoms with Crippen molar-refractivity contribution in [2.75, 3.05) is 25.0 Å². The maximum atomic E-state index is 12.9. The zero-order valence-electron chi connectivity index (χ0n) is 26.2. The quantitative estimate of drug-likeness (QED) is 0.284. The second kappa shape index (κ2) is 13.3. The van der Waals surface area contributed by atoms with E-state index in [4.69, 9.17) is 4.74 Å². The molecule has 0 bridgehead atoms. The van der Waals surface area contributed by atoms with Gasteiger partial charge in [-0.3, -0.25) is 9.78 Å². The van der Waals surface area contributed by atoms with Crippen LogP contribution in [0, 0.1) is 6.92 Å². The minimum atomic E-state index is -0.316. The standard InChI is InChI=1S/C34H41N7O3/c1-24-18-26(13-14-27(24)19-36-32(42)30-22-41(38-37-30)34(2,3)4)29-15-16-35-20-31(29)40-17-9-12-28(21-40)39(5)33(43)44-23-25-10-7-6-8-11-25/h6-8,10-11,13-16,18,20,22,28H,9,12,17,19,21,23H2,1-5H3,(H,36,42)/t28-/m1/s1. The molecule has 3 heterocycles. The van der Waals surface area contributed by atoms with Gasteiger partial charge in [-0.05, 0) is 68.9 Å². The van der Waals surface area contributed by atoms with Crippen molar-refractivity contribution in [2.45, 2.75) is 65.3 Å². The van der Waals surface area contributed by atoms with E-state index in [1.807, 2.05) is 76.6 Å². The molecule has 2 amide bonds. The van der Waals surface area contributed by atoms with E-state index in [1.54, 1.807) is 15.8 Å². The Hall–Kier alpha value is -4.73. The van der Waals surface area contributed by atoms with Gasteiger partial charge in [0, 0.05) is 38.4 Å². The third-order valence-corrected chi connectivity index (χ3v) is 8.08. The van der Waals surface area contributed by atoms with Gasteiger partial charge in [-0.2, -0.15) is 0 Å². The van der Waals surface area contributed by atoms with E-state index in [0.717, 1.165) is 52.9 Å². The van der Waals surface area contributed by atoms with E-state index in [9.17, 15) is 9.59 Å². The third kappa shape index (κ3) is 7.24. The normalized spacial score (nSPS) is 15.1. The minimum Gasteiger partial charge on any atom is -0.445 e. The van der Waals surface area contributed by atoms with Crippen molar-refractivity contribution < 1.29 is 14.3 Å². The molecular formula is C34H41N7O3. The number of aromatic nitrogens is 4. The number of hydrogen-bond donors (Lipinski definition) is 1. The van der Waals surface area contributed by atoms with Crippen LogP contribution in [0.2, 0.25) is 0 Å². The Balaban J connectivity index is 1.24. The lowest BCUT2D eigenvalue weighted by atomic mass is 9.97. The number of amides is 2. The molecular weight excluding hydrogens is 554 g/mol. The first-order valence-corrected chi connectivity index (χ1v) is 15.0. The zero-order valence-corrected chi connectivity index (χ0v) is 26.2. The second-order valence-electron chi connectivity index (χ2n) is 12.3. The van der Waals surface area contributed by atoms with Crippen LogP contribution in [0.5, 0.6) is 0 Å². The molecule has 0 radical (unpaired) electrons. The molecule has 230 valence electrons. The fraction of sp³-hybridized carbons (Fsp3) is 0.382. The first-order valence-electron chi connectivity index (χ1n) is 15.0. The van der Waals surface area contributed by atoms with Gasteiger partial charge in [0.25, 0.3) is 5.91 Å². The van der Waals surface area contributed by atoms with Gasteiger partial charge in [0.15, 0.2) is 5.69 Å². The van der Waals surface area contributed by atoms with Crippen molar-refractivity contribution in [3.05, 3.63) is 95.6 Å². The number of benzene rings is 2. The molecule has 10 heteroatoms. The Morgan fingerprint density at radius 2 is 1.91 bits per heavy atom. The SMILES string of the molecule is Cc1cc(-c2ccncc2N2CCC[C@@H](N(C)C(=O)OCc3ccccc3)C2)ccc1CNC(=O)c1cn(C(C)(C)C)nn1. The molecule has 1 aliphatic rings. The Kier molecular flexibility index (Phi) is 9.27. The summed E-state index contributed by atoms with van der Waals surface area (Å²) in [6.45, 7) is 10.3. The van der Waals surface area contributed by atoms with Crippen molar-refractivity contribution in [1.82, 2.24) is 30.2 Å². The molecule has 1 aliphatic heterocycles. The number of rotatable bonds is 8. The fourth-order valence-corrected chi connectivity index (χ4v) is 5.37. The highest BCUT2D eigenvalue weighted by molar-refractivity contribution is 5.91. The van der Waals surface area contributed by atoms with Crippen LogP contribution >= 0.6 is 0 Å². The molecule has 5 rings (SSSR count). The summed E-state index contributed by atoms with van der Waals surface area (Å²) in [6.07, 6.45) is 6.93. The molecule has 2 aromatic heterocycles. The van der Waals surface area contributed by atoms with Gasteiger partial charge in [-0.15, -0.1) is 5.10 Å². The summed E-state index contributed by atoms with van der Waals surface area (Å²) in [5.41, 5.74) is 6.29. The number of likely N-dealkylation sites (N-methyl/N-ethyl adjacent to an activating group) is 1. The van der Waals surface area contributed by atoms with Crippen LogP contribution < -0.4 is 10.2 Å².